The molecule has 0 bridgehead atoms. The van der Waals surface area contributed by atoms with E-state index in [-0.39, 0.29) is 30.4 Å². The Balaban J connectivity index is 2.61. The predicted octanol–water partition coefficient (Wildman–Crippen LogP) is -0.251. The van der Waals surface area contributed by atoms with Gasteiger partial charge >= 0.3 is 0 Å². The normalized spacial score (nSPS) is 39.9. The van der Waals surface area contributed by atoms with Gasteiger partial charge in [0.2, 0.25) is 5.91 Å². The molecule has 1 amide bonds. The van der Waals surface area contributed by atoms with E-state index in [0.29, 0.717) is 0 Å². The van der Waals surface area contributed by atoms with E-state index in [1.165, 1.54) is 0 Å². The Morgan fingerprint density at radius 1 is 1.60 bits per heavy atom. The lowest BCUT2D eigenvalue weighted by Gasteiger charge is -2.12. The molecule has 1 rings (SSSR count). The largest absolute Gasteiger partial charge is 0.394 e. The predicted molar refractivity (Wildman–Crippen MR) is 37.3 cm³/mol. The molecule has 1 heterocycles. The molecule has 1 aliphatic rings. The highest BCUT2D eigenvalue weighted by Gasteiger charge is 2.35. The highest BCUT2D eigenvalue weighted by molar-refractivity contribution is 5.81. The van der Waals surface area contributed by atoms with Crippen molar-refractivity contribution in [3.8, 4) is 0 Å². The summed E-state index contributed by atoms with van der Waals surface area (Å²) in [5.41, 5.74) is 0. The third-order valence-corrected chi connectivity index (χ3v) is 2.36. The number of aliphatic hydroxyl groups excluding tert-OH is 1. The molecule has 1 fully saturated rings. The van der Waals surface area contributed by atoms with Crippen LogP contribution in [0.4, 0.5) is 0 Å². The molecule has 2 unspecified atom stereocenters. The van der Waals surface area contributed by atoms with E-state index in [1.807, 2.05) is 13.8 Å². The number of nitrogens with one attached hydrogen (secondary N) is 1. The van der Waals surface area contributed by atoms with Crippen molar-refractivity contribution in [3.63, 3.8) is 0 Å². The van der Waals surface area contributed by atoms with E-state index in [4.69, 9.17) is 5.11 Å². The van der Waals surface area contributed by atoms with E-state index in [2.05, 4.69) is 5.32 Å². The van der Waals surface area contributed by atoms with Crippen LogP contribution in [0.3, 0.4) is 0 Å². The second-order valence-electron chi connectivity index (χ2n) is 2.95. The maximum absolute atomic E-state index is 10.9. The first-order valence-electron chi connectivity index (χ1n) is 3.58. The van der Waals surface area contributed by atoms with Crippen molar-refractivity contribution in [2.24, 2.45) is 11.8 Å². The third kappa shape index (κ3) is 1.01. The van der Waals surface area contributed by atoms with Crippen LogP contribution in [0, 0.1) is 11.8 Å². The first-order valence-corrected chi connectivity index (χ1v) is 3.58. The lowest BCUT2D eigenvalue weighted by Crippen LogP contribution is -2.31. The van der Waals surface area contributed by atoms with Crippen LogP contribution in [0.5, 0.6) is 0 Å². The van der Waals surface area contributed by atoms with Gasteiger partial charge in [0, 0.05) is 5.92 Å². The molecule has 10 heavy (non-hydrogen) atoms. The van der Waals surface area contributed by atoms with Crippen molar-refractivity contribution in [2.75, 3.05) is 6.61 Å². The second kappa shape index (κ2) is 2.58. The van der Waals surface area contributed by atoms with Crippen LogP contribution in [0.15, 0.2) is 0 Å². The molecule has 3 nitrogen and oxygen atoms in total. The molecule has 0 aliphatic carbocycles. The van der Waals surface area contributed by atoms with Gasteiger partial charge in [-0.15, -0.1) is 0 Å². The van der Waals surface area contributed by atoms with Crippen molar-refractivity contribution in [1.29, 1.82) is 0 Å². The third-order valence-electron chi connectivity index (χ3n) is 2.36. The van der Waals surface area contributed by atoms with Crippen molar-refractivity contribution in [1.82, 2.24) is 5.32 Å². The zero-order chi connectivity index (χ0) is 7.72. The fraction of sp³-hybridized carbons (Fsp3) is 0.857. The summed E-state index contributed by atoms with van der Waals surface area (Å²) in [6.45, 7) is 3.91. The number of hydrogen-bond donors (Lipinski definition) is 2. The minimum atomic E-state index is -0.0255. The molecule has 0 radical (unpaired) electrons. The van der Waals surface area contributed by atoms with Gasteiger partial charge in [0.05, 0.1) is 12.6 Å². The summed E-state index contributed by atoms with van der Waals surface area (Å²) in [6.07, 6.45) is 0. The van der Waals surface area contributed by atoms with Gasteiger partial charge in [-0.2, -0.15) is 0 Å². The summed E-state index contributed by atoms with van der Waals surface area (Å²) in [6, 6.07) is -0.0255. The molecule has 3 atom stereocenters. The van der Waals surface area contributed by atoms with Crippen molar-refractivity contribution < 1.29 is 9.90 Å². The van der Waals surface area contributed by atoms with Crippen LogP contribution in [0.2, 0.25) is 0 Å². The standard InChI is InChI=1S/C7H13NO2/c1-4-5(2)7(10)8-6(4)3-9/h4-6,9H,3H2,1-2H3,(H,8,10)/t4?,5?,6-/m0/s1. The smallest absolute Gasteiger partial charge is 0.223 e. The average molecular weight is 143 g/mol. The van der Waals surface area contributed by atoms with E-state index in [1.54, 1.807) is 0 Å². The quantitative estimate of drug-likeness (QED) is 0.531. The van der Waals surface area contributed by atoms with Crippen molar-refractivity contribution in [3.05, 3.63) is 0 Å². The molecule has 0 aromatic rings. The number of rotatable bonds is 1. The molecule has 0 aromatic heterocycles. The van der Waals surface area contributed by atoms with Crippen LogP contribution < -0.4 is 5.32 Å². The van der Waals surface area contributed by atoms with E-state index in [9.17, 15) is 4.79 Å². The van der Waals surface area contributed by atoms with E-state index in [0.717, 1.165) is 0 Å². The van der Waals surface area contributed by atoms with Crippen LogP contribution in [-0.2, 0) is 4.79 Å². The monoisotopic (exact) mass is 143 g/mol. The maximum Gasteiger partial charge on any atom is 0.223 e. The SMILES string of the molecule is CC1C(=O)N[C@@H](CO)C1C. The fourth-order valence-corrected chi connectivity index (χ4v) is 1.24. The summed E-state index contributed by atoms with van der Waals surface area (Å²) >= 11 is 0. The van der Waals surface area contributed by atoms with Crippen LogP contribution in [0.25, 0.3) is 0 Å². The lowest BCUT2D eigenvalue weighted by atomic mass is 9.94. The van der Waals surface area contributed by atoms with Gasteiger partial charge in [0.1, 0.15) is 0 Å². The Hall–Kier alpha value is -0.570. The van der Waals surface area contributed by atoms with E-state index >= 15 is 0 Å². The first kappa shape index (κ1) is 7.54. The summed E-state index contributed by atoms with van der Waals surface area (Å²) in [7, 11) is 0. The Kier molecular flexibility index (Phi) is 1.94. The zero-order valence-electron chi connectivity index (χ0n) is 6.29. The Labute approximate surface area is 60.4 Å². The summed E-state index contributed by atoms with van der Waals surface area (Å²) in [5.74, 6) is 0.376. The Bertz CT molecular complexity index is 147. The number of carbonyl (C=O) groups is 1. The molecule has 3 heteroatoms. The van der Waals surface area contributed by atoms with Gasteiger partial charge in [-0.1, -0.05) is 13.8 Å². The molecule has 58 valence electrons. The molecule has 2 N–H and O–H groups in total. The number of aliphatic hydroxyl groups is 1. The zero-order valence-corrected chi connectivity index (χ0v) is 6.29. The summed E-state index contributed by atoms with van der Waals surface area (Å²) in [4.78, 5) is 10.9. The summed E-state index contributed by atoms with van der Waals surface area (Å²) < 4.78 is 0. The second-order valence-corrected chi connectivity index (χ2v) is 2.95. The molecule has 1 saturated heterocycles. The van der Waals surface area contributed by atoms with Gasteiger partial charge in [-0.05, 0) is 5.92 Å². The van der Waals surface area contributed by atoms with Gasteiger partial charge in [-0.25, -0.2) is 0 Å². The molecule has 1 aliphatic heterocycles. The van der Waals surface area contributed by atoms with Gasteiger partial charge in [0.15, 0.2) is 0 Å². The minimum absolute atomic E-state index is 0.0255. The molecular formula is C7H13NO2. The van der Waals surface area contributed by atoms with E-state index < -0.39 is 0 Å². The highest BCUT2D eigenvalue weighted by atomic mass is 16.3. The maximum atomic E-state index is 10.9. The molecule has 0 saturated carbocycles. The fourth-order valence-electron chi connectivity index (χ4n) is 1.24. The Morgan fingerprint density at radius 3 is 2.40 bits per heavy atom. The van der Waals surface area contributed by atoms with Crippen LogP contribution in [-0.4, -0.2) is 23.7 Å². The van der Waals surface area contributed by atoms with Crippen molar-refractivity contribution in [2.45, 2.75) is 19.9 Å². The topological polar surface area (TPSA) is 49.3 Å². The first-order chi connectivity index (χ1) is 4.66. The molecular weight excluding hydrogens is 130 g/mol. The number of carbonyl (C=O) groups excluding carboxylic acids is 1. The minimum Gasteiger partial charge on any atom is -0.394 e. The molecule has 0 aromatic carbocycles. The lowest BCUT2D eigenvalue weighted by molar-refractivity contribution is -0.122. The average Bonchev–Trinajstić information content (AvgIpc) is 2.17. The molecule has 0 spiro atoms. The van der Waals surface area contributed by atoms with Gasteiger partial charge in [0.25, 0.3) is 0 Å². The summed E-state index contributed by atoms with van der Waals surface area (Å²) in [5, 5.41) is 11.5. The van der Waals surface area contributed by atoms with Crippen LogP contribution in [0.1, 0.15) is 13.8 Å². The number of hydrogen-bond acceptors (Lipinski definition) is 2. The van der Waals surface area contributed by atoms with Crippen molar-refractivity contribution >= 4 is 5.91 Å². The van der Waals surface area contributed by atoms with Gasteiger partial charge < -0.3 is 10.4 Å². The van der Waals surface area contributed by atoms with Crippen LogP contribution >= 0.6 is 0 Å². The van der Waals surface area contributed by atoms with Gasteiger partial charge in [-0.3, -0.25) is 4.79 Å². The highest BCUT2D eigenvalue weighted by Crippen LogP contribution is 2.21. The Morgan fingerprint density at radius 2 is 2.20 bits per heavy atom. The number of amides is 1.